The summed E-state index contributed by atoms with van der Waals surface area (Å²) in [7, 11) is -3.04. The summed E-state index contributed by atoms with van der Waals surface area (Å²) in [6, 6.07) is -0.830. The smallest absolute Gasteiger partial charge is 0.237 e. The molecule has 98 valence electrons. The summed E-state index contributed by atoms with van der Waals surface area (Å²) in [6.07, 6.45) is 0.676. The molecule has 0 bridgehead atoms. The molecule has 3 unspecified atom stereocenters. The third kappa shape index (κ3) is 2.46. The molecule has 0 saturated carbocycles. The molecule has 0 aromatic heterocycles. The summed E-state index contributed by atoms with van der Waals surface area (Å²) < 4.78 is 23.1. The minimum atomic E-state index is -3.04. The Hall–Kier alpha value is -0.660. The first-order valence-electron chi connectivity index (χ1n) is 5.94. The first-order chi connectivity index (χ1) is 7.94. The molecule has 1 amide bonds. The second-order valence-corrected chi connectivity index (χ2v) is 6.91. The zero-order valence-corrected chi connectivity index (χ0v) is 10.7. The van der Waals surface area contributed by atoms with Crippen LogP contribution in [0.3, 0.4) is 0 Å². The van der Waals surface area contributed by atoms with Gasteiger partial charge in [-0.15, -0.1) is 0 Å². The van der Waals surface area contributed by atoms with Gasteiger partial charge in [0.05, 0.1) is 17.5 Å². The number of piperazine rings is 1. The average molecular weight is 261 g/mol. The zero-order chi connectivity index (χ0) is 12.6. The van der Waals surface area contributed by atoms with Crippen molar-refractivity contribution >= 4 is 15.7 Å². The van der Waals surface area contributed by atoms with Gasteiger partial charge in [0.15, 0.2) is 9.84 Å². The van der Waals surface area contributed by atoms with Crippen LogP contribution in [0, 0.1) is 0 Å². The Morgan fingerprint density at radius 1 is 1.47 bits per heavy atom. The maximum Gasteiger partial charge on any atom is 0.237 e. The van der Waals surface area contributed by atoms with Gasteiger partial charge in [-0.2, -0.15) is 0 Å². The number of amides is 1. The third-order valence-corrected chi connectivity index (χ3v) is 5.29. The Morgan fingerprint density at radius 3 is 2.71 bits per heavy atom. The molecule has 2 aliphatic rings. The second-order valence-electron chi connectivity index (χ2n) is 4.76. The van der Waals surface area contributed by atoms with E-state index in [-0.39, 0.29) is 35.5 Å². The molecule has 3 N–H and O–H groups in total. The number of nitrogens with zero attached hydrogens (tertiary/aromatic N) is 1. The van der Waals surface area contributed by atoms with Crippen LogP contribution in [0.25, 0.3) is 0 Å². The molecule has 17 heavy (non-hydrogen) atoms. The van der Waals surface area contributed by atoms with Crippen molar-refractivity contribution in [2.75, 3.05) is 24.6 Å². The van der Waals surface area contributed by atoms with E-state index in [4.69, 9.17) is 5.73 Å². The fourth-order valence-corrected chi connectivity index (χ4v) is 4.65. The minimum absolute atomic E-state index is 0.0183. The normalized spacial score (nSPS) is 38.0. The topological polar surface area (TPSA) is 92.5 Å². The lowest BCUT2D eigenvalue weighted by atomic mass is 10.0. The van der Waals surface area contributed by atoms with Crippen molar-refractivity contribution in [3.8, 4) is 0 Å². The first kappa shape index (κ1) is 12.8. The average Bonchev–Trinajstić information content (AvgIpc) is 2.51. The van der Waals surface area contributed by atoms with Gasteiger partial charge in [-0.3, -0.25) is 9.69 Å². The number of carbonyl (C=O) groups is 1. The Morgan fingerprint density at radius 2 is 2.18 bits per heavy atom. The van der Waals surface area contributed by atoms with Crippen molar-refractivity contribution in [3.05, 3.63) is 0 Å². The molecule has 2 fully saturated rings. The standard InChI is InChI=1S/C10H19N3O3S/c1-2-8-10(14)12-3-4-13(8)9-6-17(15,16)5-7(9)11/h7-9H,2-6,11H2,1H3,(H,12,14). The van der Waals surface area contributed by atoms with E-state index in [1.807, 2.05) is 11.8 Å². The highest BCUT2D eigenvalue weighted by molar-refractivity contribution is 7.91. The van der Waals surface area contributed by atoms with Gasteiger partial charge in [0.1, 0.15) is 0 Å². The van der Waals surface area contributed by atoms with E-state index in [0.29, 0.717) is 19.5 Å². The van der Waals surface area contributed by atoms with Crippen LogP contribution >= 0.6 is 0 Å². The van der Waals surface area contributed by atoms with Crippen molar-refractivity contribution in [1.82, 2.24) is 10.2 Å². The van der Waals surface area contributed by atoms with Crippen LogP contribution in [0.2, 0.25) is 0 Å². The summed E-state index contributed by atoms with van der Waals surface area (Å²) in [5, 5.41) is 2.80. The lowest BCUT2D eigenvalue weighted by molar-refractivity contribution is -0.130. The highest BCUT2D eigenvalue weighted by atomic mass is 32.2. The summed E-state index contributed by atoms with van der Waals surface area (Å²) in [4.78, 5) is 13.7. The van der Waals surface area contributed by atoms with Crippen LogP contribution in [0.15, 0.2) is 0 Å². The summed E-state index contributed by atoms with van der Waals surface area (Å²) in [6.45, 7) is 3.17. The lowest BCUT2D eigenvalue weighted by Crippen LogP contribution is -2.61. The number of hydrogen-bond donors (Lipinski definition) is 2. The van der Waals surface area contributed by atoms with Crippen molar-refractivity contribution in [3.63, 3.8) is 0 Å². The zero-order valence-electron chi connectivity index (χ0n) is 9.93. The van der Waals surface area contributed by atoms with Crippen LogP contribution in [-0.2, 0) is 14.6 Å². The monoisotopic (exact) mass is 261 g/mol. The molecule has 0 aromatic carbocycles. The van der Waals surface area contributed by atoms with Crippen LogP contribution in [0.4, 0.5) is 0 Å². The quantitative estimate of drug-likeness (QED) is 0.619. The molecule has 7 heteroatoms. The number of hydrogen-bond acceptors (Lipinski definition) is 5. The Labute approximate surface area is 101 Å². The van der Waals surface area contributed by atoms with Crippen LogP contribution in [-0.4, -0.2) is 61.9 Å². The Bertz CT molecular complexity index is 409. The number of rotatable bonds is 2. The summed E-state index contributed by atoms with van der Waals surface area (Å²) in [5.41, 5.74) is 5.90. The van der Waals surface area contributed by atoms with Gasteiger partial charge in [0, 0.05) is 25.2 Å². The van der Waals surface area contributed by atoms with Gasteiger partial charge in [0.2, 0.25) is 5.91 Å². The fraction of sp³-hybridized carbons (Fsp3) is 0.900. The van der Waals surface area contributed by atoms with E-state index in [0.717, 1.165) is 0 Å². The van der Waals surface area contributed by atoms with Crippen molar-refractivity contribution < 1.29 is 13.2 Å². The number of nitrogens with two attached hydrogens (primary N) is 1. The molecule has 0 spiro atoms. The van der Waals surface area contributed by atoms with Crippen molar-refractivity contribution in [2.24, 2.45) is 5.73 Å². The number of nitrogens with one attached hydrogen (secondary N) is 1. The molecule has 0 aromatic rings. The van der Waals surface area contributed by atoms with Gasteiger partial charge in [-0.05, 0) is 6.42 Å². The van der Waals surface area contributed by atoms with E-state index < -0.39 is 9.84 Å². The summed E-state index contributed by atoms with van der Waals surface area (Å²) in [5.74, 6) is 0.0970. The van der Waals surface area contributed by atoms with Gasteiger partial charge < -0.3 is 11.1 Å². The van der Waals surface area contributed by atoms with Gasteiger partial charge >= 0.3 is 0 Å². The predicted octanol–water partition coefficient (Wildman–Crippen LogP) is -1.68. The van der Waals surface area contributed by atoms with Gasteiger partial charge in [-0.1, -0.05) is 6.92 Å². The molecule has 2 aliphatic heterocycles. The summed E-state index contributed by atoms with van der Waals surface area (Å²) >= 11 is 0. The van der Waals surface area contributed by atoms with E-state index >= 15 is 0 Å². The maximum atomic E-state index is 11.7. The predicted molar refractivity (Wildman–Crippen MR) is 64.2 cm³/mol. The number of carbonyl (C=O) groups excluding carboxylic acids is 1. The number of sulfone groups is 1. The van der Waals surface area contributed by atoms with Crippen molar-refractivity contribution in [2.45, 2.75) is 31.5 Å². The highest BCUT2D eigenvalue weighted by Gasteiger charge is 2.43. The first-order valence-corrected chi connectivity index (χ1v) is 7.76. The molecule has 2 rings (SSSR count). The lowest BCUT2D eigenvalue weighted by Gasteiger charge is -2.39. The molecular formula is C10H19N3O3S. The molecule has 2 heterocycles. The Balaban J connectivity index is 2.18. The van der Waals surface area contributed by atoms with E-state index in [1.165, 1.54) is 0 Å². The molecular weight excluding hydrogens is 242 g/mol. The maximum absolute atomic E-state index is 11.7. The van der Waals surface area contributed by atoms with Crippen LogP contribution in [0.1, 0.15) is 13.3 Å². The molecule has 6 nitrogen and oxygen atoms in total. The fourth-order valence-electron chi connectivity index (χ4n) is 2.75. The van der Waals surface area contributed by atoms with E-state index in [9.17, 15) is 13.2 Å². The van der Waals surface area contributed by atoms with E-state index in [2.05, 4.69) is 5.32 Å². The van der Waals surface area contributed by atoms with Crippen LogP contribution < -0.4 is 11.1 Å². The van der Waals surface area contributed by atoms with Crippen molar-refractivity contribution in [1.29, 1.82) is 0 Å². The Kier molecular flexibility index (Phi) is 3.42. The van der Waals surface area contributed by atoms with E-state index in [1.54, 1.807) is 0 Å². The molecule has 2 saturated heterocycles. The molecule has 0 aliphatic carbocycles. The molecule has 0 radical (unpaired) electrons. The second kappa shape index (κ2) is 4.55. The third-order valence-electron chi connectivity index (χ3n) is 3.55. The SMILES string of the molecule is CCC1C(=O)NCCN1C1CS(=O)(=O)CC1N. The molecule has 3 atom stereocenters. The van der Waals surface area contributed by atoms with Crippen LogP contribution in [0.5, 0.6) is 0 Å². The minimum Gasteiger partial charge on any atom is -0.353 e. The van der Waals surface area contributed by atoms with Gasteiger partial charge in [-0.25, -0.2) is 8.42 Å². The highest BCUT2D eigenvalue weighted by Crippen LogP contribution is 2.21. The van der Waals surface area contributed by atoms with Gasteiger partial charge in [0.25, 0.3) is 0 Å². The largest absolute Gasteiger partial charge is 0.353 e.